The molecule has 33 heavy (non-hydrogen) atoms. The summed E-state index contributed by atoms with van der Waals surface area (Å²) in [6.45, 7) is 0. The molecule has 0 aliphatic carbocycles. The second kappa shape index (κ2) is 8.93. The third-order valence-electron chi connectivity index (χ3n) is 5.87. The van der Waals surface area contributed by atoms with Crippen molar-refractivity contribution >= 4 is 34.8 Å². The Bertz CT molecular complexity index is 1260. The van der Waals surface area contributed by atoms with Crippen molar-refractivity contribution in [2.24, 2.45) is 0 Å². The number of rotatable bonds is 5. The third kappa shape index (κ3) is 3.90. The van der Waals surface area contributed by atoms with E-state index in [4.69, 9.17) is 11.6 Å². The smallest absolute Gasteiger partial charge is 0.292 e. The van der Waals surface area contributed by atoms with Gasteiger partial charge in [0.25, 0.3) is 0 Å². The van der Waals surface area contributed by atoms with E-state index in [9.17, 15) is 9.59 Å². The number of amides is 2. The summed E-state index contributed by atoms with van der Waals surface area (Å²) in [4.78, 5) is 31.3. The molecule has 4 aromatic rings. The minimum atomic E-state index is -0.760. The highest BCUT2D eigenvalue weighted by molar-refractivity contribution is 6.30. The van der Waals surface area contributed by atoms with Crippen molar-refractivity contribution in [1.82, 2.24) is 0 Å². The number of halogens is 1. The van der Waals surface area contributed by atoms with Crippen molar-refractivity contribution in [3.8, 4) is 0 Å². The molecular formula is C28H21ClN2O2. The molecule has 1 saturated heterocycles. The molecule has 1 fully saturated rings. The first-order chi connectivity index (χ1) is 16.1. The standard InChI is InChI=1S/C28H21ClN2O2/c29-22-18-16-20(17-19-22)25-26(27(32)21-10-4-1-5-11-21)31(24-14-8-3-9-15-24)28(33)30(25)23-12-6-2-7-13-23/h1-19,25-26H. The summed E-state index contributed by atoms with van der Waals surface area (Å²) in [6.07, 6.45) is 0. The Balaban J connectivity index is 1.73. The van der Waals surface area contributed by atoms with Crippen LogP contribution < -0.4 is 9.80 Å². The molecule has 162 valence electrons. The van der Waals surface area contributed by atoms with Crippen LogP contribution in [0.3, 0.4) is 0 Å². The zero-order valence-corrected chi connectivity index (χ0v) is 18.5. The zero-order valence-electron chi connectivity index (χ0n) is 17.7. The second-order valence-electron chi connectivity index (χ2n) is 7.87. The lowest BCUT2D eigenvalue weighted by Gasteiger charge is -2.27. The lowest BCUT2D eigenvalue weighted by Crippen LogP contribution is -2.40. The van der Waals surface area contributed by atoms with Gasteiger partial charge in [-0.25, -0.2) is 4.79 Å². The quantitative estimate of drug-likeness (QED) is 0.313. The van der Waals surface area contributed by atoms with Crippen LogP contribution in [0.5, 0.6) is 0 Å². The maximum atomic E-state index is 14.0. The lowest BCUT2D eigenvalue weighted by atomic mass is 9.92. The highest BCUT2D eigenvalue weighted by Crippen LogP contribution is 2.42. The Hall–Kier alpha value is -3.89. The summed E-state index contributed by atoms with van der Waals surface area (Å²) in [5.41, 5.74) is 2.80. The first-order valence-electron chi connectivity index (χ1n) is 10.7. The molecule has 5 rings (SSSR count). The van der Waals surface area contributed by atoms with E-state index in [1.807, 2.05) is 91.0 Å². The first kappa shape index (κ1) is 21.0. The lowest BCUT2D eigenvalue weighted by molar-refractivity contribution is 0.0955. The molecule has 0 saturated carbocycles. The van der Waals surface area contributed by atoms with E-state index in [1.54, 1.807) is 34.1 Å². The molecule has 2 unspecified atom stereocenters. The van der Waals surface area contributed by atoms with Crippen molar-refractivity contribution in [3.63, 3.8) is 0 Å². The van der Waals surface area contributed by atoms with Gasteiger partial charge < -0.3 is 0 Å². The number of benzene rings is 4. The summed E-state index contributed by atoms with van der Waals surface area (Å²) in [7, 11) is 0. The molecule has 1 aliphatic heterocycles. The highest BCUT2D eigenvalue weighted by atomic mass is 35.5. The number of para-hydroxylation sites is 2. The molecule has 2 atom stereocenters. The van der Waals surface area contributed by atoms with Crippen LogP contribution in [0.1, 0.15) is 22.0 Å². The van der Waals surface area contributed by atoms with Gasteiger partial charge in [0, 0.05) is 22.0 Å². The number of nitrogens with zero attached hydrogens (tertiary/aromatic N) is 2. The van der Waals surface area contributed by atoms with Crippen molar-refractivity contribution in [3.05, 3.63) is 131 Å². The minimum absolute atomic E-state index is 0.119. The van der Waals surface area contributed by atoms with Gasteiger partial charge in [-0.05, 0) is 42.0 Å². The Kier molecular flexibility index (Phi) is 5.68. The number of carbonyl (C=O) groups excluding carboxylic acids is 2. The van der Waals surface area contributed by atoms with Gasteiger partial charge in [0.05, 0.1) is 6.04 Å². The maximum Gasteiger partial charge on any atom is 0.330 e. The third-order valence-corrected chi connectivity index (χ3v) is 6.13. The fourth-order valence-corrected chi connectivity index (χ4v) is 4.51. The van der Waals surface area contributed by atoms with E-state index < -0.39 is 12.1 Å². The first-order valence-corrected chi connectivity index (χ1v) is 11.1. The fourth-order valence-electron chi connectivity index (χ4n) is 4.38. The van der Waals surface area contributed by atoms with E-state index in [2.05, 4.69) is 0 Å². The van der Waals surface area contributed by atoms with Gasteiger partial charge >= 0.3 is 6.03 Å². The van der Waals surface area contributed by atoms with Crippen LogP contribution in [-0.2, 0) is 0 Å². The molecule has 1 heterocycles. The van der Waals surface area contributed by atoms with Gasteiger partial charge in [-0.3, -0.25) is 14.6 Å². The SMILES string of the molecule is O=C(c1ccccc1)C1C(c2ccc(Cl)cc2)N(c2ccccc2)C(=O)N1c1ccccc1. The zero-order chi connectivity index (χ0) is 22.8. The Morgan fingerprint density at radius 1 is 0.636 bits per heavy atom. The van der Waals surface area contributed by atoms with Gasteiger partial charge in [-0.15, -0.1) is 0 Å². The predicted octanol–water partition coefficient (Wildman–Crippen LogP) is 6.78. The van der Waals surface area contributed by atoms with Crippen LogP contribution in [0.4, 0.5) is 16.2 Å². The van der Waals surface area contributed by atoms with E-state index in [0.29, 0.717) is 16.3 Å². The topological polar surface area (TPSA) is 40.6 Å². The molecule has 0 radical (unpaired) electrons. The Labute approximate surface area is 197 Å². The average Bonchev–Trinajstić information content (AvgIpc) is 3.18. The molecule has 1 aliphatic rings. The van der Waals surface area contributed by atoms with Crippen LogP contribution in [0.15, 0.2) is 115 Å². The summed E-state index contributed by atoms with van der Waals surface area (Å²) in [6, 6.07) is 33.7. The monoisotopic (exact) mass is 452 g/mol. The number of Topliss-reactive ketones (excluding diaryl/α,β-unsaturated/α-hetero) is 1. The van der Waals surface area contributed by atoms with Gasteiger partial charge in [-0.1, -0.05) is 90.5 Å². The molecule has 4 nitrogen and oxygen atoms in total. The molecule has 0 bridgehead atoms. The van der Waals surface area contributed by atoms with Crippen molar-refractivity contribution in [2.75, 3.05) is 9.80 Å². The molecule has 0 N–H and O–H groups in total. The maximum absolute atomic E-state index is 14.0. The molecular weight excluding hydrogens is 432 g/mol. The van der Waals surface area contributed by atoms with Crippen molar-refractivity contribution in [1.29, 1.82) is 0 Å². The normalized spacial score (nSPS) is 17.9. The number of urea groups is 1. The largest absolute Gasteiger partial charge is 0.330 e. The number of hydrogen-bond donors (Lipinski definition) is 0. The predicted molar refractivity (Wildman–Crippen MR) is 132 cm³/mol. The van der Waals surface area contributed by atoms with Crippen LogP contribution >= 0.6 is 11.6 Å². The van der Waals surface area contributed by atoms with Crippen molar-refractivity contribution in [2.45, 2.75) is 12.1 Å². The molecule has 5 heteroatoms. The van der Waals surface area contributed by atoms with Crippen LogP contribution in [0.2, 0.25) is 5.02 Å². The molecule has 4 aromatic carbocycles. The van der Waals surface area contributed by atoms with Gasteiger partial charge in [0.15, 0.2) is 5.78 Å². The molecule has 2 amide bonds. The minimum Gasteiger partial charge on any atom is -0.292 e. The molecule has 0 aromatic heterocycles. The Morgan fingerprint density at radius 2 is 1.12 bits per heavy atom. The average molecular weight is 453 g/mol. The molecule has 0 spiro atoms. The Morgan fingerprint density at radius 3 is 1.67 bits per heavy atom. The van der Waals surface area contributed by atoms with E-state index >= 15 is 0 Å². The number of carbonyl (C=O) groups is 2. The van der Waals surface area contributed by atoms with E-state index in [-0.39, 0.29) is 11.8 Å². The number of hydrogen-bond acceptors (Lipinski definition) is 2. The van der Waals surface area contributed by atoms with Crippen molar-refractivity contribution < 1.29 is 9.59 Å². The highest BCUT2D eigenvalue weighted by Gasteiger charge is 2.51. The second-order valence-corrected chi connectivity index (χ2v) is 8.30. The fraction of sp³-hybridized carbons (Fsp3) is 0.0714. The summed E-state index contributed by atoms with van der Waals surface area (Å²) >= 11 is 6.16. The van der Waals surface area contributed by atoms with Crippen LogP contribution in [0.25, 0.3) is 0 Å². The van der Waals surface area contributed by atoms with Gasteiger partial charge in [0.2, 0.25) is 0 Å². The summed E-state index contributed by atoms with van der Waals surface area (Å²) < 4.78 is 0. The number of ketones is 1. The van der Waals surface area contributed by atoms with E-state index in [1.165, 1.54) is 0 Å². The van der Waals surface area contributed by atoms with Crippen LogP contribution in [0, 0.1) is 0 Å². The summed E-state index contributed by atoms with van der Waals surface area (Å²) in [5, 5.41) is 0.597. The van der Waals surface area contributed by atoms with Gasteiger partial charge in [0.1, 0.15) is 6.04 Å². The van der Waals surface area contributed by atoms with E-state index in [0.717, 1.165) is 11.3 Å². The van der Waals surface area contributed by atoms with Crippen LogP contribution in [-0.4, -0.2) is 17.9 Å². The van der Waals surface area contributed by atoms with Gasteiger partial charge in [-0.2, -0.15) is 0 Å². The number of anilines is 2. The summed E-state index contributed by atoms with van der Waals surface area (Å²) in [5.74, 6) is -0.119.